The molecule has 3 heteroatoms. The van der Waals surface area contributed by atoms with Gasteiger partial charge in [0, 0.05) is 5.56 Å². The molecule has 0 aliphatic heterocycles. The van der Waals surface area contributed by atoms with E-state index in [0.29, 0.717) is 6.10 Å². The van der Waals surface area contributed by atoms with Gasteiger partial charge < -0.3 is 9.84 Å². The molecule has 29 heavy (non-hydrogen) atoms. The summed E-state index contributed by atoms with van der Waals surface area (Å²) in [6.07, 6.45) is 7.03. The third-order valence-corrected chi connectivity index (χ3v) is 6.55. The van der Waals surface area contributed by atoms with Crippen LogP contribution in [0.1, 0.15) is 55.6 Å². The monoisotopic (exact) mass is 386 g/mol. The van der Waals surface area contributed by atoms with Crippen LogP contribution in [0, 0.1) is 0 Å². The molecule has 0 aromatic heterocycles. The van der Waals surface area contributed by atoms with Crippen LogP contribution in [0.4, 0.5) is 0 Å². The highest BCUT2D eigenvalue weighted by molar-refractivity contribution is 5.89. The quantitative estimate of drug-likeness (QED) is 0.557. The molecule has 3 aromatic rings. The number of carboxylic acid groups (broad SMARTS) is 1. The molecular formula is C26H26O3. The number of carboxylic acids is 1. The molecule has 3 nitrogen and oxygen atoms in total. The molecular weight excluding hydrogens is 360 g/mol. The van der Waals surface area contributed by atoms with E-state index in [2.05, 4.69) is 54.6 Å². The van der Waals surface area contributed by atoms with E-state index in [-0.39, 0.29) is 12.3 Å². The zero-order chi connectivity index (χ0) is 19.8. The highest BCUT2D eigenvalue weighted by Crippen LogP contribution is 2.46. The Bertz CT molecular complexity index is 1060. The molecule has 0 heterocycles. The van der Waals surface area contributed by atoms with Crippen molar-refractivity contribution in [3.63, 3.8) is 0 Å². The lowest BCUT2D eigenvalue weighted by atomic mass is 9.91. The molecule has 5 rings (SSSR count). The SMILES string of the molecule is O=C(O)C[C@@H]1CCc2c1ccc(OC1CCCC1)c2-c1ccc2ccccc2c1. The molecule has 2 aliphatic carbocycles. The Balaban J connectivity index is 1.63. The van der Waals surface area contributed by atoms with Gasteiger partial charge in [-0.05, 0) is 84.0 Å². The molecule has 148 valence electrons. The molecule has 0 amide bonds. The van der Waals surface area contributed by atoms with E-state index in [4.69, 9.17) is 4.74 Å². The third kappa shape index (κ3) is 3.50. The fourth-order valence-corrected chi connectivity index (χ4v) is 5.14. The second kappa shape index (κ2) is 7.55. The predicted molar refractivity (Wildman–Crippen MR) is 116 cm³/mol. The molecule has 3 aromatic carbocycles. The van der Waals surface area contributed by atoms with Crippen LogP contribution in [-0.2, 0) is 11.2 Å². The van der Waals surface area contributed by atoms with Crippen LogP contribution in [0.5, 0.6) is 5.75 Å². The van der Waals surface area contributed by atoms with Gasteiger partial charge >= 0.3 is 5.97 Å². The smallest absolute Gasteiger partial charge is 0.303 e. The van der Waals surface area contributed by atoms with E-state index in [1.54, 1.807) is 0 Å². The van der Waals surface area contributed by atoms with Crippen LogP contribution < -0.4 is 4.74 Å². The van der Waals surface area contributed by atoms with Crippen LogP contribution in [0.25, 0.3) is 21.9 Å². The van der Waals surface area contributed by atoms with Crippen molar-refractivity contribution in [3.05, 3.63) is 65.7 Å². The lowest BCUT2D eigenvalue weighted by Gasteiger charge is -2.20. The maximum absolute atomic E-state index is 11.3. The van der Waals surface area contributed by atoms with E-state index in [0.717, 1.165) is 31.4 Å². The highest BCUT2D eigenvalue weighted by Gasteiger charge is 2.29. The van der Waals surface area contributed by atoms with Gasteiger partial charge in [-0.25, -0.2) is 0 Å². The van der Waals surface area contributed by atoms with Gasteiger partial charge in [-0.1, -0.05) is 42.5 Å². The summed E-state index contributed by atoms with van der Waals surface area (Å²) in [5.74, 6) is 0.338. The summed E-state index contributed by atoms with van der Waals surface area (Å²) in [5, 5.41) is 11.8. The van der Waals surface area contributed by atoms with E-state index in [9.17, 15) is 9.90 Å². The largest absolute Gasteiger partial charge is 0.490 e. The van der Waals surface area contributed by atoms with Crippen LogP contribution in [0.15, 0.2) is 54.6 Å². The predicted octanol–water partition coefficient (Wildman–Crippen LogP) is 6.33. The number of fused-ring (bicyclic) bond motifs is 2. The van der Waals surface area contributed by atoms with Gasteiger partial charge in [0.05, 0.1) is 12.5 Å². The van der Waals surface area contributed by atoms with Gasteiger partial charge in [0.15, 0.2) is 0 Å². The highest BCUT2D eigenvalue weighted by atomic mass is 16.5. The minimum atomic E-state index is -0.721. The average molecular weight is 386 g/mol. The van der Waals surface area contributed by atoms with Crippen molar-refractivity contribution in [2.24, 2.45) is 0 Å². The first-order chi connectivity index (χ1) is 14.2. The minimum absolute atomic E-state index is 0.0993. The van der Waals surface area contributed by atoms with Gasteiger partial charge in [-0.3, -0.25) is 4.79 Å². The standard InChI is InChI=1S/C26H26O3/c27-25(28)16-19-11-12-23-22(19)13-14-24(29-21-7-3-4-8-21)26(23)20-10-9-17-5-1-2-6-18(17)15-20/h1-2,5-6,9-10,13-15,19,21H,3-4,7-8,11-12,16H2,(H,27,28)/t19-/m0/s1. The normalized spacial score (nSPS) is 18.8. The molecule has 0 saturated heterocycles. The summed E-state index contributed by atoms with van der Waals surface area (Å²) in [4.78, 5) is 11.3. The van der Waals surface area contributed by atoms with E-state index >= 15 is 0 Å². The van der Waals surface area contributed by atoms with Crippen molar-refractivity contribution in [3.8, 4) is 16.9 Å². The Labute approximate surface area is 171 Å². The third-order valence-electron chi connectivity index (χ3n) is 6.55. The van der Waals surface area contributed by atoms with Crippen LogP contribution in [-0.4, -0.2) is 17.2 Å². The van der Waals surface area contributed by atoms with Gasteiger partial charge in [0.2, 0.25) is 0 Å². The molecule has 0 unspecified atom stereocenters. The molecule has 1 atom stereocenters. The molecule has 2 aliphatic rings. The number of hydrogen-bond donors (Lipinski definition) is 1. The Morgan fingerprint density at radius 3 is 2.55 bits per heavy atom. The van der Waals surface area contributed by atoms with Crippen LogP contribution >= 0.6 is 0 Å². The molecule has 0 spiro atoms. The average Bonchev–Trinajstić information content (AvgIpc) is 3.37. The molecule has 1 fully saturated rings. The van der Waals surface area contributed by atoms with Crippen molar-refractivity contribution in [2.45, 2.75) is 57.0 Å². The lowest BCUT2D eigenvalue weighted by Crippen LogP contribution is -2.12. The summed E-state index contributed by atoms with van der Waals surface area (Å²) in [6, 6.07) is 19.2. The Morgan fingerprint density at radius 1 is 0.966 bits per heavy atom. The Kier molecular flexibility index (Phi) is 4.75. The maximum Gasteiger partial charge on any atom is 0.303 e. The fourth-order valence-electron chi connectivity index (χ4n) is 5.14. The zero-order valence-corrected chi connectivity index (χ0v) is 16.6. The number of aliphatic carboxylic acids is 1. The summed E-state index contributed by atoms with van der Waals surface area (Å²) in [7, 11) is 0. The van der Waals surface area contributed by atoms with Crippen molar-refractivity contribution >= 4 is 16.7 Å². The van der Waals surface area contributed by atoms with Gasteiger partial charge in [0.1, 0.15) is 5.75 Å². The van der Waals surface area contributed by atoms with Crippen molar-refractivity contribution in [1.29, 1.82) is 0 Å². The fraction of sp³-hybridized carbons (Fsp3) is 0.346. The lowest BCUT2D eigenvalue weighted by molar-refractivity contribution is -0.137. The Morgan fingerprint density at radius 2 is 1.76 bits per heavy atom. The van der Waals surface area contributed by atoms with Crippen molar-refractivity contribution in [2.75, 3.05) is 0 Å². The van der Waals surface area contributed by atoms with Gasteiger partial charge in [-0.15, -0.1) is 0 Å². The first-order valence-corrected chi connectivity index (χ1v) is 10.7. The molecule has 1 N–H and O–H groups in total. The molecule has 1 saturated carbocycles. The minimum Gasteiger partial charge on any atom is -0.490 e. The van der Waals surface area contributed by atoms with E-state index in [1.807, 2.05) is 0 Å². The topological polar surface area (TPSA) is 46.5 Å². The number of ether oxygens (including phenoxy) is 1. The van der Waals surface area contributed by atoms with Gasteiger partial charge in [-0.2, -0.15) is 0 Å². The number of rotatable bonds is 5. The zero-order valence-electron chi connectivity index (χ0n) is 16.6. The number of hydrogen-bond acceptors (Lipinski definition) is 2. The van der Waals surface area contributed by atoms with Crippen molar-refractivity contribution in [1.82, 2.24) is 0 Å². The number of benzene rings is 3. The van der Waals surface area contributed by atoms with Crippen molar-refractivity contribution < 1.29 is 14.6 Å². The molecule has 0 radical (unpaired) electrons. The van der Waals surface area contributed by atoms with Crippen LogP contribution in [0.3, 0.4) is 0 Å². The summed E-state index contributed by atoms with van der Waals surface area (Å²) in [5.41, 5.74) is 4.81. The number of carbonyl (C=O) groups is 1. The van der Waals surface area contributed by atoms with E-state index in [1.165, 1.54) is 45.9 Å². The second-order valence-corrected chi connectivity index (χ2v) is 8.43. The van der Waals surface area contributed by atoms with Gasteiger partial charge in [0.25, 0.3) is 0 Å². The maximum atomic E-state index is 11.3. The summed E-state index contributed by atoms with van der Waals surface area (Å²) >= 11 is 0. The first-order valence-electron chi connectivity index (χ1n) is 10.7. The van der Waals surface area contributed by atoms with Crippen LogP contribution in [0.2, 0.25) is 0 Å². The molecule has 0 bridgehead atoms. The summed E-state index contributed by atoms with van der Waals surface area (Å²) in [6.45, 7) is 0. The van der Waals surface area contributed by atoms with E-state index < -0.39 is 5.97 Å². The summed E-state index contributed by atoms with van der Waals surface area (Å²) < 4.78 is 6.50. The Hall–Kier alpha value is -2.81. The second-order valence-electron chi connectivity index (χ2n) is 8.43. The first kappa shape index (κ1) is 18.2.